The molecule has 0 saturated carbocycles. The number of methoxy groups -OCH3 is 1. The Morgan fingerprint density at radius 2 is 1.89 bits per heavy atom. The highest BCUT2D eigenvalue weighted by Crippen LogP contribution is 2.50. The Hall–Kier alpha value is -3.49. The van der Waals surface area contributed by atoms with Crippen LogP contribution in [0.25, 0.3) is 0 Å². The van der Waals surface area contributed by atoms with Crippen molar-refractivity contribution in [1.82, 2.24) is 14.9 Å². The quantitative estimate of drug-likeness (QED) is 0.606. The number of rotatable bonds is 7. The summed E-state index contributed by atoms with van der Waals surface area (Å²) in [6.45, 7) is 9.76. The predicted octanol–water partition coefficient (Wildman–Crippen LogP) is 3.94. The van der Waals surface area contributed by atoms with Crippen molar-refractivity contribution in [2.45, 2.75) is 64.5 Å². The first-order valence-electron chi connectivity index (χ1n) is 11.6. The Kier molecular flexibility index (Phi) is 7.19. The maximum Gasteiger partial charge on any atom is 0.329 e. The van der Waals surface area contributed by atoms with Crippen LogP contribution in [0.4, 0.5) is 0 Å². The molecular weight excluding hydrogens is 450 g/mol. The number of aromatic nitrogens is 2. The minimum absolute atomic E-state index is 0.0891. The van der Waals surface area contributed by atoms with E-state index in [0.717, 1.165) is 5.56 Å². The van der Waals surface area contributed by atoms with Gasteiger partial charge in [0.25, 0.3) is 5.91 Å². The third kappa shape index (κ3) is 4.85. The van der Waals surface area contributed by atoms with E-state index < -0.39 is 35.3 Å². The van der Waals surface area contributed by atoms with Crippen molar-refractivity contribution >= 4 is 17.8 Å². The molecule has 9 nitrogen and oxygen atoms in total. The highest BCUT2D eigenvalue weighted by Gasteiger charge is 2.61. The molecule has 1 aromatic heterocycles. The van der Waals surface area contributed by atoms with Gasteiger partial charge < -0.3 is 19.8 Å². The molecule has 1 amide bonds. The van der Waals surface area contributed by atoms with E-state index in [1.807, 2.05) is 34.6 Å². The van der Waals surface area contributed by atoms with E-state index >= 15 is 0 Å². The van der Waals surface area contributed by atoms with Gasteiger partial charge in [0.2, 0.25) is 0 Å². The van der Waals surface area contributed by atoms with Gasteiger partial charge in [0, 0.05) is 18.0 Å². The number of carbonyl (C=O) groups excluding carboxylic acids is 1. The zero-order valence-corrected chi connectivity index (χ0v) is 21.0. The zero-order chi connectivity index (χ0) is 26.1. The van der Waals surface area contributed by atoms with Crippen LogP contribution in [0.2, 0.25) is 0 Å². The maximum absolute atomic E-state index is 14.1. The number of carboxylic acid groups (broad SMARTS) is 2. The second-order valence-electron chi connectivity index (χ2n) is 10.5. The van der Waals surface area contributed by atoms with Gasteiger partial charge in [0.15, 0.2) is 0 Å². The Morgan fingerprint density at radius 3 is 2.37 bits per heavy atom. The molecule has 188 valence electrons. The first-order valence-corrected chi connectivity index (χ1v) is 11.6. The predicted molar refractivity (Wildman–Crippen MR) is 128 cm³/mol. The number of likely N-dealkylation sites (tertiary alicyclic amines) is 1. The number of amides is 1. The van der Waals surface area contributed by atoms with E-state index in [9.17, 15) is 24.6 Å². The van der Waals surface area contributed by atoms with Gasteiger partial charge in [-0.25, -0.2) is 4.79 Å². The average molecular weight is 484 g/mol. The number of carboxylic acids is 2. The molecule has 1 aliphatic heterocycles. The van der Waals surface area contributed by atoms with Crippen LogP contribution in [0.1, 0.15) is 75.1 Å². The smallest absolute Gasteiger partial charge is 0.329 e. The second kappa shape index (κ2) is 9.64. The van der Waals surface area contributed by atoms with Crippen LogP contribution in [0.3, 0.4) is 0 Å². The fraction of sp³-hybridized carbons (Fsp3) is 0.500. The van der Waals surface area contributed by atoms with Crippen molar-refractivity contribution in [3.63, 3.8) is 0 Å². The fourth-order valence-electron chi connectivity index (χ4n) is 5.08. The number of hydrogen-bond donors (Lipinski definition) is 2. The molecule has 0 aliphatic carbocycles. The lowest BCUT2D eigenvalue weighted by Gasteiger charge is -2.39. The monoisotopic (exact) mass is 483 g/mol. The first-order chi connectivity index (χ1) is 16.3. The van der Waals surface area contributed by atoms with E-state index in [2.05, 4.69) is 9.97 Å². The van der Waals surface area contributed by atoms with Crippen molar-refractivity contribution < 1.29 is 29.3 Å². The molecule has 0 radical (unpaired) electrons. The molecule has 2 aromatic rings. The molecule has 1 saturated heterocycles. The Morgan fingerprint density at radius 1 is 1.20 bits per heavy atom. The Labute approximate surface area is 205 Å². The van der Waals surface area contributed by atoms with Crippen LogP contribution in [-0.4, -0.2) is 55.6 Å². The molecule has 1 aromatic carbocycles. The van der Waals surface area contributed by atoms with Gasteiger partial charge in [-0.3, -0.25) is 19.6 Å². The number of hydrogen-bond acceptors (Lipinski definition) is 6. The second-order valence-corrected chi connectivity index (χ2v) is 10.5. The van der Waals surface area contributed by atoms with Gasteiger partial charge in [0.1, 0.15) is 11.3 Å². The standard InChI is InChI=1S/C26H33N3O6/c1-15(2)12-26(24(33)34)13-17(23(31)32)21(19-14-27-9-10-28-19)29(26)22(30)16-7-8-18(25(3,4)5)20(11-16)35-6/h7-11,14-15,17,21H,12-13H2,1-6H3,(H,31,32)(H,33,34)/t17-,21-,26+/m1/s1. The van der Waals surface area contributed by atoms with Crippen LogP contribution >= 0.6 is 0 Å². The number of carbonyl (C=O) groups is 3. The first kappa shape index (κ1) is 26.1. The van der Waals surface area contributed by atoms with Crippen molar-refractivity contribution in [2.24, 2.45) is 11.8 Å². The van der Waals surface area contributed by atoms with Crippen molar-refractivity contribution in [1.29, 1.82) is 0 Å². The average Bonchev–Trinajstić information content (AvgIpc) is 3.14. The summed E-state index contributed by atoms with van der Waals surface area (Å²) < 4.78 is 5.56. The highest BCUT2D eigenvalue weighted by atomic mass is 16.5. The molecule has 0 bridgehead atoms. The summed E-state index contributed by atoms with van der Waals surface area (Å²) in [5.41, 5.74) is -0.646. The summed E-state index contributed by atoms with van der Waals surface area (Å²) in [4.78, 5) is 48.8. The molecule has 2 heterocycles. The lowest BCUT2D eigenvalue weighted by Crippen LogP contribution is -2.54. The van der Waals surface area contributed by atoms with Crippen molar-refractivity contribution in [2.75, 3.05) is 7.11 Å². The van der Waals surface area contributed by atoms with Crippen LogP contribution < -0.4 is 4.74 Å². The summed E-state index contributed by atoms with van der Waals surface area (Å²) in [6.07, 6.45) is 4.08. The summed E-state index contributed by atoms with van der Waals surface area (Å²) in [5.74, 6) is -3.80. The van der Waals surface area contributed by atoms with E-state index in [4.69, 9.17) is 4.74 Å². The largest absolute Gasteiger partial charge is 0.496 e. The van der Waals surface area contributed by atoms with E-state index in [1.165, 1.54) is 30.6 Å². The topological polar surface area (TPSA) is 130 Å². The normalized spacial score (nSPS) is 22.3. The molecule has 9 heteroatoms. The third-order valence-corrected chi connectivity index (χ3v) is 6.50. The molecule has 3 rings (SSSR count). The molecule has 1 fully saturated rings. The number of aliphatic carboxylic acids is 2. The molecule has 0 spiro atoms. The molecular formula is C26H33N3O6. The lowest BCUT2D eigenvalue weighted by atomic mass is 9.83. The van der Waals surface area contributed by atoms with E-state index in [1.54, 1.807) is 18.2 Å². The molecule has 0 unspecified atom stereocenters. The molecule has 2 N–H and O–H groups in total. The van der Waals surface area contributed by atoms with Crippen LogP contribution in [0.5, 0.6) is 5.75 Å². The summed E-state index contributed by atoms with van der Waals surface area (Å²) in [5, 5.41) is 20.5. The third-order valence-electron chi connectivity index (χ3n) is 6.50. The van der Waals surface area contributed by atoms with E-state index in [0.29, 0.717) is 5.75 Å². The number of benzene rings is 1. The van der Waals surface area contributed by atoms with Crippen LogP contribution in [0, 0.1) is 11.8 Å². The van der Waals surface area contributed by atoms with Gasteiger partial charge >= 0.3 is 11.9 Å². The SMILES string of the molecule is COc1cc(C(=O)N2[C@@H](c3cnccn3)[C@H](C(=O)O)C[C@@]2(CC(C)C)C(=O)O)ccc1C(C)(C)C. The van der Waals surface area contributed by atoms with Gasteiger partial charge in [-0.05, 0) is 41.9 Å². The van der Waals surface area contributed by atoms with Crippen molar-refractivity contribution in [3.05, 3.63) is 53.6 Å². The molecule has 3 atom stereocenters. The summed E-state index contributed by atoms with van der Waals surface area (Å²) in [7, 11) is 1.51. The molecule has 35 heavy (non-hydrogen) atoms. The van der Waals surface area contributed by atoms with Gasteiger partial charge in [-0.2, -0.15) is 0 Å². The van der Waals surface area contributed by atoms with Gasteiger partial charge in [0.05, 0.1) is 31.0 Å². The van der Waals surface area contributed by atoms with E-state index in [-0.39, 0.29) is 35.4 Å². The fourth-order valence-corrected chi connectivity index (χ4v) is 5.08. The number of ether oxygens (including phenoxy) is 1. The number of nitrogens with zero attached hydrogens (tertiary/aromatic N) is 3. The van der Waals surface area contributed by atoms with Crippen LogP contribution in [0.15, 0.2) is 36.8 Å². The minimum Gasteiger partial charge on any atom is -0.496 e. The maximum atomic E-state index is 14.1. The summed E-state index contributed by atoms with van der Waals surface area (Å²) in [6, 6.07) is 3.91. The minimum atomic E-state index is -1.73. The van der Waals surface area contributed by atoms with Gasteiger partial charge in [-0.1, -0.05) is 40.7 Å². The lowest BCUT2D eigenvalue weighted by molar-refractivity contribution is -0.150. The highest BCUT2D eigenvalue weighted by molar-refractivity contribution is 6.00. The zero-order valence-electron chi connectivity index (χ0n) is 21.0. The van der Waals surface area contributed by atoms with Crippen LogP contribution in [-0.2, 0) is 15.0 Å². The molecule has 1 aliphatic rings. The summed E-state index contributed by atoms with van der Waals surface area (Å²) >= 11 is 0. The Bertz CT molecular complexity index is 1110. The van der Waals surface area contributed by atoms with Crippen molar-refractivity contribution in [3.8, 4) is 5.75 Å². The van der Waals surface area contributed by atoms with Gasteiger partial charge in [-0.15, -0.1) is 0 Å². The Balaban J connectivity index is 2.25.